The standard InChI is InChI=1S/C20H21N5O/c26-20(22-18-12-6-10-16-9-4-5-11-17(16)18)19(25-14-21-23-24-25)13-15-7-2-1-3-8-15/h1-5,7-9,11,14,18-19H,6,10,12-13H2,(H,22,26). The van der Waals surface area contributed by atoms with Gasteiger partial charge in [0.25, 0.3) is 0 Å². The van der Waals surface area contributed by atoms with Crippen molar-refractivity contribution in [2.24, 2.45) is 0 Å². The summed E-state index contributed by atoms with van der Waals surface area (Å²) in [6.07, 6.45) is 5.16. The molecule has 2 aromatic carbocycles. The van der Waals surface area contributed by atoms with Crippen LogP contribution in [0.2, 0.25) is 0 Å². The number of fused-ring (bicyclic) bond motifs is 1. The van der Waals surface area contributed by atoms with Crippen molar-refractivity contribution in [2.45, 2.75) is 37.8 Å². The lowest BCUT2D eigenvalue weighted by Crippen LogP contribution is -2.38. The van der Waals surface area contributed by atoms with E-state index in [-0.39, 0.29) is 11.9 Å². The average molecular weight is 347 g/mol. The third kappa shape index (κ3) is 3.49. The van der Waals surface area contributed by atoms with E-state index in [1.54, 1.807) is 0 Å². The number of nitrogens with one attached hydrogen (secondary N) is 1. The highest BCUT2D eigenvalue weighted by Crippen LogP contribution is 2.30. The molecule has 0 bridgehead atoms. The van der Waals surface area contributed by atoms with Crippen LogP contribution >= 0.6 is 0 Å². The van der Waals surface area contributed by atoms with Gasteiger partial charge < -0.3 is 5.32 Å². The van der Waals surface area contributed by atoms with Crippen LogP contribution in [0.1, 0.15) is 41.6 Å². The molecular weight excluding hydrogens is 326 g/mol. The molecule has 2 unspecified atom stereocenters. The molecule has 1 aromatic heterocycles. The number of benzene rings is 2. The molecule has 0 radical (unpaired) electrons. The molecule has 2 atom stereocenters. The number of hydrogen-bond donors (Lipinski definition) is 1. The van der Waals surface area contributed by atoms with Crippen LogP contribution in [0.25, 0.3) is 0 Å². The van der Waals surface area contributed by atoms with Gasteiger partial charge in [-0.1, -0.05) is 54.6 Å². The van der Waals surface area contributed by atoms with E-state index in [2.05, 4.69) is 39.0 Å². The number of hydrogen-bond acceptors (Lipinski definition) is 4. The first-order chi connectivity index (χ1) is 12.8. The maximum absolute atomic E-state index is 13.1. The lowest BCUT2D eigenvalue weighted by atomic mass is 9.87. The van der Waals surface area contributed by atoms with Crippen LogP contribution in [-0.4, -0.2) is 26.1 Å². The molecule has 4 rings (SSSR count). The zero-order valence-corrected chi connectivity index (χ0v) is 14.5. The third-order valence-corrected chi connectivity index (χ3v) is 4.94. The Kier molecular flexibility index (Phi) is 4.73. The molecule has 1 amide bonds. The molecule has 1 N–H and O–H groups in total. The van der Waals surface area contributed by atoms with Crippen molar-refractivity contribution in [2.75, 3.05) is 0 Å². The Labute approximate surface area is 152 Å². The summed E-state index contributed by atoms with van der Waals surface area (Å²) in [7, 11) is 0. The van der Waals surface area contributed by atoms with Gasteiger partial charge in [0.1, 0.15) is 12.4 Å². The molecule has 26 heavy (non-hydrogen) atoms. The minimum absolute atomic E-state index is 0.0437. The summed E-state index contributed by atoms with van der Waals surface area (Å²) in [5.74, 6) is -0.0529. The van der Waals surface area contributed by atoms with E-state index in [4.69, 9.17) is 0 Å². The van der Waals surface area contributed by atoms with Crippen LogP contribution in [0, 0.1) is 0 Å². The Morgan fingerprint density at radius 3 is 2.77 bits per heavy atom. The van der Waals surface area contributed by atoms with Crippen LogP contribution in [0.5, 0.6) is 0 Å². The number of carbonyl (C=O) groups is 1. The number of aryl methyl sites for hydroxylation is 1. The molecular formula is C20H21N5O. The van der Waals surface area contributed by atoms with Crippen molar-refractivity contribution >= 4 is 5.91 Å². The fourth-order valence-electron chi connectivity index (χ4n) is 3.63. The van der Waals surface area contributed by atoms with Crippen molar-refractivity contribution < 1.29 is 4.79 Å². The van der Waals surface area contributed by atoms with Crippen LogP contribution in [0.3, 0.4) is 0 Å². The minimum Gasteiger partial charge on any atom is -0.347 e. The van der Waals surface area contributed by atoms with E-state index in [1.807, 2.05) is 36.4 Å². The van der Waals surface area contributed by atoms with Crippen LogP contribution in [-0.2, 0) is 17.6 Å². The first-order valence-electron chi connectivity index (χ1n) is 8.96. The summed E-state index contributed by atoms with van der Waals surface area (Å²) in [6, 6.07) is 17.9. The molecule has 0 fully saturated rings. The maximum atomic E-state index is 13.1. The minimum atomic E-state index is -0.471. The van der Waals surface area contributed by atoms with E-state index in [0.29, 0.717) is 6.42 Å². The van der Waals surface area contributed by atoms with Crippen molar-refractivity contribution in [3.05, 3.63) is 77.6 Å². The summed E-state index contributed by atoms with van der Waals surface area (Å²) in [5.41, 5.74) is 3.63. The summed E-state index contributed by atoms with van der Waals surface area (Å²) in [6.45, 7) is 0. The lowest BCUT2D eigenvalue weighted by molar-refractivity contribution is -0.125. The number of aromatic nitrogens is 4. The van der Waals surface area contributed by atoms with Gasteiger partial charge in [-0.25, -0.2) is 4.68 Å². The quantitative estimate of drug-likeness (QED) is 0.770. The monoisotopic (exact) mass is 347 g/mol. The molecule has 1 aliphatic carbocycles. The van der Waals surface area contributed by atoms with E-state index in [9.17, 15) is 4.79 Å². The van der Waals surface area contributed by atoms with E-state index < -0.39 is 6.04 Å². The van der Waals surface area contributed by atoms with Crippen LogP contribution in [0.4, 0.5) is 0 Å². The molecule has 0 aliphatic heterocycles. The molecule has 1 heterocycles. The zero-order chi connectivity index (χ0) is 17.8. The molecule has 132 valence electrons. The van der Waals surface area contributed by atoms with Gasteiger partial charge in [-0.05, 0) is 46.4 Å². The van der Waals surface area contributed by atoms with Crippen LogP contribution in [0.15, 0.2) is 60.9 Å². The predicted molar refractivity (Wildman–Crippen MR) is 97.3 cm³/mol. The summed E-state index contributed by atoms with van der Waals surface area (Å²) in [4.78, 5) is 13.1. The normalized spacial score (nSPS) is 17.3. The number of carbonyl (C=O) groups excluding carboxylic acids is 1. The number of rotatable bonds is 5. The Morgan fingerprint density at radius 1 is 1.15 bits per heavy atom. The molecule has 0 saturated carbocycles. The van der Waals surface area contributed by atoms with Crippen LogP contribution < -0.4 is 5.32 Å². The SMILES string of the molecule is O=C(NC1CCCc2ccccc21)C(Cc1ccccc1)n1cnnn1. The summed E-state index contributed by atoms with van der Waals surface area (Å²) >= 11 is 0. The van der Waals surface area contributed by atoms with Crippen molar-refractivity contribution in [1.29, 1.82) is 0 Å². The fraction of sp³-hybridized carbons (Fsp3) is 0.300. The Hall–Kier alpha value is -3.02. The van der Waals surface area contributed by atoms with E-state index >= 15 is 0 Å². The molecule has 3 aromatic rings. The number of tetrazole rings is 1. The summed E-state index contributed by atoms with van der Waals surface area (Å²) in [5, 5.41) is 14.6. The average Bonchev–Trinajstić information content (AvgIpc) is 3.21. The maximum Gasteiger partial charge on any atom is 0.245 e. The second-order valence-corrected chi connectivity index (χ2v) is 6.65. The van der Waals surface area contributed by atoms with E-state index in [1.165, 1.54) is 22.1 Å². The number of amides is 1. The fourth-order valence-corrected chi connectivity index (χ4v) is 3.63. The second-order valence-electron chi connectivity index (χ2n) is 6.65. The van der Waals surface area contributed by atoms with Crippen molar-refractivity contribution in [1.82, 2.24) is 25.5 Å². The number of nitrogens with zero attached hydrogens (tertiary/aromatic N) is 4. The topological polar surface area (TPSA) is 72.7 Å². The molecule has 0 saturated heterocycles. The van der Waals surface area contributed by atoms with E-state index in [0.717, 1.165) is 24.8 Å². The van der Waals surface area contributed by atoms with Gasteiger partial charge in [-0.2, -0.15) is 0 Å². The molecule has 6 heteroatoms. The first-order valence-corrected chi connectivity index (χ1v) is 8.96. The van der Waals surface area contributed by atoms with Gasteiger partial charge in [0.2, 0.25) is 5.91 Å². The van der Waals surface area contributed by atoms with Gasteiger partial charge in [-0.15, -0.1) is 5.10 Å². The molecule has 0 spiro atoms. The van der Waals surface area contributed by atoms with Crippen molar-refractivity contribution in [3.63, 3.8) is 0 Å². The second kappa shape index (κ2) is 7.47. The highest BCUT2D eigenvalue weighted by Gasteiger charge is 2.27. The Balaban J connectivity index is 1.56. The van der Waals surface area contributed by atoms with Gasteiger partial charge >= 0.3 is 0 Å². The predicted octanol–water partition coefficient (Wildman–Crippen LogP) is 2.65. The first kappa shape index (κ1) is 16.4. The Bertz CT molecular complexity index is 863. The largest absolute Gasteiger partial charge is 0.347 e. The van der Waals surface area contributed by atoms with Gasteiger partial charge in [0, 0.05) is 6.42 Å². The van der Waals surface area contributed by atoms with Gasteiger partial charge in [0.05, 0.1) is 6.04 Å². The molecule has 6 nitrogen and oxygen atoms in total. The van der Waals surface area contributed by atoms with Crippen molar-refractivity contribution in [3.8, 4) is 0 Å². The smallest absolute Gasteiger partial charge is 0.245 e. The lowest BCUT2D eigenvalue weighted by Gasteiger charge is -2.28. The molecule has 1 aliphatic rings. The highest BCUT2D eigenvalue weighted by molar-refractivity contribution is 5.81. The van der Waals surface area contributed by atoms with Gasteiger partial charge in [0.15, 0.2) is 0 Å². The third-order valence-electron chi connectivity index (χ3n) is 4.94. The van der Waals surface area contributed by atoms with Gasteiger partial charge in [-0.3, -0.25) is 4.79 Å². The Morgan fingerprint density at radius 2 is 1.96 bits per heavy atom. The highest BCUT2D eigenvalue weighted by atomic mass is 16.2. The summed E-state index contributed by atoms with van der Waals surface area (Å²) < 4.78 is 1.54. The zero-order valence-electron chi connectivity index (χ0n) is 14.5.